The Kier molecular flexibility index (Phi) is 3.23. The van der Waals surface area contributed by atoms with Gasteiger partial charge in [-0.2, -0.15) is 5.26 Å². The first-order valence-corrected chi connectivity index (χ1v) is 8.04. The van der Waals surface area contributed by atoms with Gasteiger partial charge in [0, 0.05) is 5.92 Å². The maximum Gasteiger partial charge on any atom is 0.238 e. The van der Waals surface area contributed by atoms with Gasteiger partial charge in [-0.25, -0.2) is 18.2 Å². The molecular formula is C13H13N5O2S. The van der Waals surface area contributed by atoms with E-state index in [0.29, 0.717) is 11.4 Å². The van der Waals surface area contributed by atoms with E-state index in [1.54, 1.807) is 16.8 Å². The zero-order valence-electron chi connectivity index (χ0n) is 11.1. The molecule has 0 radical (unpaired) electrons. The third kappa shape index (κ3) is 2.41. The molecule has 108 valence electrons. The van der Waals surface area contributed by atoms with Crippen LogP contribution in [0.2, 0.25) is 0 Å². The first kappa shape index (κ1) is 13.7. The summed E-state index contributed by atoms with van der Waals surface area (Å²) in [7, 11) is -3.72. The molecule has 1 aromatic carbocycles. The summed E-state index contributed by atoms with van der Waals surface area (Å²) in [5, 5.41) is 22.1. The highest BCUT2D eigenvalue weighted by Gasteiger charge is 2.28. The second-order valence-corrected chi connectivity index (χ2v) is 6.58. The highest BCUT2D eigenvalue weighted by molar-refractivity contribution is 7.89. The molecule has 2 aromatic rings. The fourth-order valence-electron chi connectivity index (χ4n) is 2.38. The van der Waals surface area contributed by atoms with Gasteiger partial charge in [0.15, 0.2) is 5.69 Å². The number of rotatable bonds is 3. The fourth-order valence-corrected chi connectivity index (χ4v) is 2.90. The molecule has 2 N–H and O–H groups in total. The molecule has 1 aliphatic carbocycles. The highest BCUT2D eigenvalue weighted by atomic mass is 32.2. The van der Waals surface area contributed by atoms with Crippen LogP contribution in [0.5, 0.6) is 0 Å². The average Bonchev–Trinajstić information content (AvgIpc) is 2.79. The lowest BCUT2D eigenvalue weighted by atomic mass is 9.82. The summed E-state index contributed by atoms with van der Waals surface area (Å²) in [5.74, 6) is 0.285. The van der Waals surface area contributed by atoms with Gasteiger partial charge in [-0.3, -0.25) is 0 Å². The maximum absolute atomic E-state index is 11.3. The van der Waals surface area contributed by atoms with Crippen molar-refractivity contribution in [1.29, 1.82) is 5.26 Å². The van der Waals surface area contributed by atoms with Crippen LogP contribution < -0.4 is 5.14 Å². The molecule has 0 aliphatic heterocycles. The van der Waals surface area contributed by atoms with Gasteiger partial charge < -0.3 is 0 Å². The van der Waals surface area contributed by atoms with E-state index in [9.17, 15) is 8.42 Å². The van der Waals surface area contributed by atoms with Gasteiger partial charge in [-0.15, -0.1) is 5.10 Å². The average molecular weight is 303 g/mol. The third-order valence-electron chi connectivity index (χ3n) is 3.71. The summed E-state index contributed by atoms with van der Waals surface area (Å²) in [6, 6.07) is 8.12. The lowest BCUT2D eigenvalue weighted by Crippen LogP contribution is -2.16. The number of nitrogens with two attached hydrogens (primary N) is 1. The van der Waals surface area contributed by atoms with Gasteiger partial charge in [0.1, 0.15) is 6.07 Å². The highest BCUT2D eigenvalue weighted by Crippen LogP contribution is 2.38. The lowest BCUT2D eigenvalue weighted by molar-refractivity contribution is 0.402. The van der Waals surface area contributed by atoms with Crippen molar-refractivity contribution in [2.75, 3.05) is 0 Å². The van der Waals surface area contributed by atoms with Gasteiger partial charge in [0.25, 0.3) is 0 Å². The SMILES string of the molecule is N#Cc1nnn(-c2ccc(S(N)(=O)=O)cc2)c1C1CCC1. The van der Waals surface area contributed by atoms with Crippen LogP contribution in [0.25, 0.3) is 5.69 Å². The lowest BCUT2D eigenvalue weighted by Gasteiger charge is -2.25. The molecule has 8 heteroatoms. The Morgan fingerprint density at radius 1 is 1.29 bits per heavy atom. The first-order chi connectivity index (χ1) is 10.0. The van der Waals surface area contributed by atoms with Crippen LogP contribution in [0.4, 0.5) is 0 Å². The third-order valence-corrected chi connectivity index (χ3v) is 4.64. The summed E-state index contributed by atoms with van der Waals surface area (Å²) in [6.45, 7) is 0. The number of benzene rings is 1. The largest absolute Gasteiger partial charge is 0.238 e. The van der Waals surface area contributed by atoms with Gasteiger partial charge in [0.2, 0.25) is 10.0 Å². The molecule has 1 heterocycles. The second kappa shape index (κ2) is 4.95. The number of nitrogens with zero attached hydrogens (tertiary/aromatic N) is 4. The van der Waals surface area contributed by atoms with Crippen LogP contribution in [0.1, 0.15) is 36.6 Å². The van der Waals surface area contributed by atoms with E-state index in [1.165, 1.54) is 12.1 Å². The van der Waals surface area contributed by atoms with Crippen molar-refractivity contribution < 1.29 is 8.42 Å². The zero-order valence-corrected chi connectivity index (χ0v) is 11.9. The molecule has 1 fully saturated rings. The summed E-state index contributed by atoms with van der Waals surface area (Å²) >= 11 is 0. The van der Waals surface area contributed by atoms with Crippen LogP contribution in [0.15, 0.2) is 29.2 Å². The molecule has 1 aromatic heterocycles. The van der Waals surface area contributed by atoms with Gasteiger partial charge in [-0.1, -0.05) is 11.6 Å². The monoisotopic (exact) mass is 303 g/mol. The first-order valence-electron chi connectivity index (χ1n) is 6.49. The number of hydrogen-bond acceptors (Lipinski definition) is 5. The standard InChI is InChI=1S/C13H13N5O2S/c14-8-12-13(9-2-1-3-9)18(17-16-12)10-4-6-11(7-5-10)21(15,19)20/h4-7,9H,1-3H2,(H2,15,19,20). The van der Waals surface area contributed by atoms with Crippen LogP contribution in [-0.2, 0) is 10.0 Å². The van der Waals surface area contributed by atoms with Crippen molar-refractivity contribution in [3.63, 3.8) is 0 Å². The Labute approximate surface area is 122 Å². The van der Waals surface area contributed by atoms with E-state index in [4.69, 9.17) is 10.4 Å². The Morgan fingerprint density at radius 2 is 1.95 bits per heavy atom. The summed E-state index contributed by atoms with van der Waals surface area (Å²) in [5.41, 5.74) is 1.79. The number of sulfonamides is 1. The number of hydrogen-bond donors (Lipinski definition) is 1. The molecule has 0 unspecified atom stereocenters. The molecule has 1 saturated carbocycles. The molecule has 7 nitrogen and oxygen atoms in total. The van der Waals surface area contributed by atoms with Crippen molar-refractivity contribution >= 4 is 10.0 Å². The Balaban J connectivity index is 2.05. The predicted molar refractivity (Wildman–Crippen MR) is 74.0 cm³/mol. The summed E-state index contributed by atoms with van der Waals surface area (Å²) in [6.07, 6.45) is 3.15. The molecule has 0 amide bonds. The normalized spacial score (nSPS) is 15.4. The van der Waals surface area contributed by atoms with Crippen molar-refractivity contribution in [1.82, 2.24) is 15.0 Å². The quantitative estimate of drug-likeness (QED) is 0.910. The number of primary sulfonamides is 1. The topological polar surface area (TPSA) is 115 Å². The summed E-state index contributed by atoms with van der Waals surface area (Å²) in [4.78, 5) is 0.0390. The van der Waals surface area contributed by atoms with Crippen LogP contribution in [0, 0.1) is 11.3 Å². The molecule has 0 saturated heterocycles. The van der Waals surface area contributed by atoms with E-state index in [1.807, 2.05) is 0 Å². The second-order valence-electron chi connectivity index (χ2n) is 5.01. The van der Waals surface area contributed by atoms with Gasteiger partial charge in [-0.05, 0) is 37.1 Å². The van der Waals surface area contributed by atoms with E-state index in [-0.39, 0.29) is 10.8 Å². The minimum absolute atomic E-state index is 0.0390. The Bertz CT molecular complexity index is 813. The smallest absolute Gasteiger partial charge is 0.225 e. The Hall–Kier alpha value is -2.24. The minimum atomic E-state index is -3.72. The zero-order chi connectivity index (χ0) is 15.0. The van der Waals surface area contributed by atoms with Crippen LogP contribution in [0.3, 0.4) is 0 Å². The van der Waals surface area contributed by atoms with E-state index in [0.717, 1.165) is 25.0 Å². The Morgan fingerprint density at radius 3 is 2.43 bits per heavy atom. The molecule has 0 bridgehead atoms. The fraction of sp³-hybridized carbons (Fsp3) is 0.308. The van der Waals surface area contributed by atoms with Crippen LogP contribution in [-0.4, -0.2) is 23.4 Å². The van der Waals surface area contributed by atoms with Crippen molar-refractivity contribution in [3.8, 4) is 11.8 Å². The molecule has 0 atom stereocenters. The molecule has 3 rings (SSSR count). The van der Waals surface area contributed by atoms with Crippen molar-refractivity contribution in [2.24, 2.45) is 5.14 Å². The van der Waals surface area contributed by atoms with E-state index < -0.39 is 10.0 Å². The van der Waals surface area contributed by atoms with Gasteiger partial charge >= 0.3 is 0 Å². The minimum Gasteiger partial charge on any atom is -0.225 e. The maximum atomic E-state index is 11.3. The molecule has 0 spiro atoms. The van der Waals surface area contributed by atoms with E-state index in [2.05, 4.69) is 16.4 Å². The van der Waals surface area contributed by atoms with E-state index >= 15 is 0 Å². The number of nitriles is 1. The van der Waals surface area contributed by atoms with Gasteiger partial charge in [0.05, 0.1) is 16.3 Å². The van der Waals surface area contributed by atoms with Crippen molar-refractivity contribution in [2.45, 2.75) is 30.1 Å². The van der Waals surface area contributed by atoms with Crippen molar-refractivity contribution in [3.05, 3.63) is 35.7 Å². The number of aromatic nitrogens is 3. The molecular weight excluding hydrogens is 290 g/mol. The van der Waals surface area contributed by atoms with Crippen LogP contribution >= 0.6 is 0 Å². The molecule has 1 aliphatic rings. The predicted octanol–water partition coefficient (Wildman–Crippen LogP) is 1.05. The molecule has 21 heavy (non-hydrogen) atoms. The summed E-state index contributed by atoms with van der Waals surface area (Å²) < 4.78 is 24.1.